The minimum absolute atomic E-state index is 0.0337. The Hall–Kier alpha value is -2.53. The summed E-state index contributed by atoms with van der Waals surface area (Å²) in [6.07, 6.45) is 5.11. The number of hydroxylamine groups is 2. The molecule has 0 radical (unpaired) electrons. The normalized spacial score (nSPS) is 18.1. The average molecular weight is 424 g/mol. The van der Waals surface area contributed by atoms with Gasteiger partial charge in [-0.25, -0.2) is 15.0 Å². The first-order chi connectivity index (χ1) is 14.4. The zero-order valence-corrected chi connectivity index (χ0v) is 17.3. The van der Waals surface area contributed by atoms with E-state index in [1.54, 1.807) is 18.9 Å². The molecule has 30 heavy (non-hydrogen) atoms. The molecule has 1 saturated carbocycles. The maximum absolute atomic E-state index is 14.9. The lowest BCUT2D eigenvalue weighted by Gasteiger charge is -2.39. The van der Waals surface area contributed by atoms with Gasteiger partial charge in [0.2, 0.25) is 18.1 Å². The van der Waals surface area contributed by atoms with Crippen molar-refractivity contribution in [2.45, 2.75) is 45.1 Å². The molecule has 1 aliphatic carbocycles. The number of anilines is 2. The summed E-state index contributed by atoms with van der Waals surface area (Å²) in [5, 5.41) is 10.0. The van der Waals surface area contributed by atoms with Crippen LogP contribution in [-0.4, -0.2) is 65.4 Å². The number of amides is 2. The zero-order valence-electron chi connectivity index (χ0n) is 17.3. The Kier molecular flexibility index (Phi) is 7.38. The van der Waals surface area contributed by atoms with Gasteiger partial charge in [0.05, 0.1) is 18.6 Å². The number of nitrogens with zero attached hydrogens (tertiary/aromatic N) is 4. The molecule has 2 heterocycles. The Labute approximate surface area is 174 Å². The highest BCUT2D eigenvalue weighted by Gasteiger charge is 2.31. The second-order valence-electron chi connectivity index (χ2n) is 7.94. The van der Waals surface area contributed by atoms with Gasteiger partial charge in [-0.2, -0.15) is 4.39 Å². The van der Waals surface area contributed by atoms with Crippen LogP contribution in [0.3, 0.4) is 0 Å². The standard InChI is InChI=1S/C19H29FN6O4/c1-12-21-17(16(20)18(22-12)25-9-15(10-25)30-2)23-24-19(28)14(8-26(29)11-27)7-13-5-3-4-6-13/h11,13-15,29H,3-10H2,1-2H3,(H,24,28)(H,21,22,23)/t14-/m0/s1. The maximum Gasteiger partial charge on any atom is 0.243 e. The molecule has 1 aromatic rings. The molecular formula is C19H29FN6O4. The first-order valence-corrected chi connectivity index (χ1v) is 10.2. The SMILES string of the molecule is COC1CN(c2nc(C)nc(NNC(=O)[C@@H](CC3CCCC3)CN(O)C=O)c2F)C1. The number of hydrazine groups is 1. The number of carbonyl (C=O) groups excluding carboxylic acids is 2. The quantitative estimate of drug-likeness (QED) is 0.292. The first-order valence-electron chi connectivity index (χ1n) is 10.2. The molecule has 3 rings (SSSR count). The predicted octanol–water partition coefficient (Wildman–Crippen LogP) is 1.25. The molecule has 0 aromatic carbocycles. The number of carbonyl (C=O) groups is 2. The van der Waals surface area contributed by atoms with Crippen molar-refractivity contribution in [3.05, 3.63) is 11.6 Å². The second kappa shape index (κ2) is 9.98. The fourth-order valence-corrected chi connectivity index (χ4v) is 4.00. The van der Waals surface area contributed by atoms with Gasteiger partial charge in [0.25, 0.3) is 0 Å². The third-order valence-electron chi connectivity index (χ3n) is 5.72. The number of hydrogen-bond donors (Lipinski definition) is 3. The average Bonchev–Trinajstić information content (AvgIpc) is 3.20. The number of hydrogen-bond acceptors (Lipinski definition) is 8. The number of methoxy groups -OCH3 is 1. The van der Waals surface area contributed by atoms with Crippen LogP contribution >= 0.6 is 0 Å². The molecule has 0 bridgehead atoms. The van der Waals surface area contributed by atoms with E-state index in [0.717, 1.165) is 25.7 Å². The van der Waals surface area contributed by atoms with Gasteiger partial charge in [-0.1, -0.05) is 25.7 Å². The van der Waals surface area contributed by atoms with Gasteiger partial charge >= 0.3 is 0 Å². The van der Waals surface area contributed by atoms with E-state index in [4.69, 9.17) is 4.74 Å². The molecule has 1 aromatic heterocycles. The largest absolute Gasteiger partial charge is 0.378 e. The molecule has 10 nitrogen and oxygen atoms in total. The van der Waals surface area contributed by atoms with Crippen LogP contribution in [-0.2, 0) is 14.3 Å². The molecular weight excluding hydrogens is 395 g/mol. The smallest absolute Gasteiger partial charge is 0.243 e. The van der Waals surface area contributed by atoms with Crippen LogP contribution in [0, 0.1) is 24.6 Å². The molecule has 11 heteroatoms. The van der Waals surface area contributed by atoms with Crippen molar-refractivity contribution in [3.63, 3.8) is 0 Å². The summed E-state index contributed by atoms with van der Waals surface area (Å²) in [7, 11) is 1.60. The fraction of sp³-hybridized carbons (Fsp3) is 0.684. The highest BCUT2D eigenvalue weighted by Crippen LogP contribution is 2.31. The van der Waals surface area contributed by atoms with Gasteiger partial charge in [0, 0.05) is 20.2 Å². The van der Waals surface area contributed by atoms with E-state index < -0.39 is 17.6 Å². The Morgan fingerprint density at radius 2 is 2.10 bits per heavy atom. The highest BCUT2D eigenvalue weighted by molar-refractivity contribution is 5.80. The van der Waals surface area contributed by atoms with Crippen LogP contribution < -0.4 is 15.8 Å². The minimum atomic E-state index is -0.667. The van der Waals surface area contributed by atoms with Crippen molar-refractivity contribution in [1.29, 1.82) is 0 Å². The van der Waals surface area contributed by atoms with Gasteiger partial charge in [0.15, 0.2) is 11.6 Å². The van der Waals surface area contributed by atoms with Crippen molar-refractivity contribution in [1.82, 2.24) is 20.5 Å². The number of aryl methyl sites for hydroxylation is 1. The third kappa shape index (κ3) is 5.33. The molecule has 1 saturated heterocycles. The van der Waals surface area contributed by atoms with Crippen molar-refractivity contribution in [2.24, 2.45) is 11.8 Å². The van der Waals surface area contributed by atoms with Crippen molar-refractivity contribution in [2.75, 3.05) is 37.1 Å². The molecule has 1 aliphatic heterocycles. The summed E-state index contributed by atoms with van der Waals surface area (Å²) < 4.78 is 20.1. The molecule has 2 amide bonds. The Bertz CT molecular complexity index is 755. The highest BCUT2D eigenvalue weighted by atomic mass is 19.1. The maximum atomic E-state index is 14.9. The molecule has 1 atom stereocenters. The van der Waals surface area contributed by atoms with Gasteiger partial charge in [0.1, 0.15) is 5.82 Å². The molecule has 2 fully saturated rings. The Balaban J connectivity index is 1.65. The van der Waals surface area contributed by atoms with Crippen molar-refractivity contribution < 1.29 is 23.9 Å². The van der Waals surface area contributed by atoms with E-state index in [1.165, 1.54) is 0 Å². The van der Waals surface area contributed by atoms with Crippen LogP contribution in [0.15, 0.2) is 0 Å². The van der Waals surface area contributed by atoms with E-state index in [-0.39, 0.29) is 30.7 Å². The molecule has 166 valence electrons. The Morgan fingerprint density at radius 3 is 2.73 bits per heavy atom. The molecule has 2 aliphatic rings. The van der Waals surface area contributed by atoms with Gasteiger partial charge in [-0.05, 0) is 19.3 Å². The van der Waals surface area contributed by atoms with Crippen LogP contribution in [0.2, 0.25) is 0 Å². The van der Waals surface area contributed by atoms with E-state index >= 15 is 0 Å². The summed E-state index contributed by atoms with van der Waals surface area (Å²) in [6, 6.07) is 0. The predicted molar refractivity (Wildman–Crippen MR) is 106 cm³/mol. The Morgan fingerprint density at radius 1 is 1.40 bits per heavy atom. The van der Waals surface area contributed by atoms with E-state index in [2.05, 4.69) is 20.8 Å². The van der Waals surface area contributed by atoms with Crippen LogP contribution in [0.5, 0.6) is 0 Å². The third-order valence-corrected chi connectivity index (χ3v) is 5.72. The first kappa shape index (κ1) is 22.2. The van der Waals surface area contributed by atoms with Gasteiger partial charge < -0.3 is 9.64 Å². The van der Waals surface area contributed by atoms with E-state index in [1.807, 2.05) is 0 Å². The lowest BCUT2D eigenvalue weighted by Crippen LogP contribution is -2.52. The van der Waals surface area contributed by atoms with Crippen LogP contribution in [0.1, 0.15) is 37.9 Å². The van der Waals surface area contributed by atoms with Gasteiger partial charge in [-0.15, -0.1) is 0 Å². The zero-order chi connectivity index (χ0) is 21.7. The van der Waals surface area contributed by atoms with E-state index in [9.17, 15) is 19.2 Å². The number of aromatic nitrogens is 2. The molecule has 0 unspecified atom stereocenters. The number of halogens is 1. The van der Waals surface area contributed by atoms with Crippen molar-refractivity contribution in [3.8, 4) is 0 Å². The van der Waals surface area contributed by atoms with Crippen LogP contribution in [0.25, 0.3) is 0 Å². The van der Waals surface area contributed by atoms with Gasteiger partial charge in [-0.3, -0.25) is 25.6 Å². The van der Waals surface area contributed by atoms with E-state index in [0.29, 0.717) is 36.3 Å². The lowest BCUT2D eigenvalue weighted by atomic mass is 9.92. The number of nitrogens with one attached hydrogen (secondary N) is 2. The summed E-state index contributed by atoms with van der Waals surface area (Å²) in [5.74, 6) is -0.998. The van der Waals surface area contributed by atoms with Crippen molar-refractivity contribution >= 4 is 24.0 Å². The number of ether oxygens (including phenoxy) is 1. The topological polar surface area (TPSA) is 120 Å². The summed E-state index contributed by atoms with van der Waals surface area (Å²) in [5.41, 5.74) is 5.02. The second-order valence-corrected chi connectivity index (χ2v) is 7.94. The summed E-state index contributed by atoms with van der Waals surface area (Å²) >= 11 is 0. The van der Waals surface area contributed by atoms with Crippen LogP contribution in [0.4, 0.5) is 16.0 Å². The minimum Gasteiger partial charge on any atom is -0.378 e. The summed E-state index contributed by atoms with van der Waals surface area (Å²) in [6.45, 7) is 2.56. The number of rotatable bonds is 10. The fourth-order valence-electron chi connectivity index (χ4n) is 4.00. The molecule has 0 spiro atoms. The monoisotopic (exact) mass is 424 g/mol. The molecule has 3 N–H and O–H groups in total. The lowest BCUT2D eigenvalue weighted by molar-refractivity contribution is -0.154. The summed E-state index contributed by atoms with van der Waals surface area (Å²) in [4.78, 5) is 33.4.